The second kappa shape index (κ2) is 11.5. The maximum atomic E-state index is 11.0. The maximum Gasteiger partial charge on any atom is 0.144 e. The molecule has 0 unspecified atom stereocenters. The number of hydrogen-bond donors (Lipinski definition) is 1. The first-order valence-corrected chi connectivity index (χ1v) is 16.2. The second-order valence-corrected chi connectivity index (χ2v) is 14.5. The van der Waals surface area contributed by atoms with Gasteiger partial charge >= 0.3 is 0 Å². The van der Waals surface area contributed by atoms with Crippen molar-refractivity contribution >= 4 is 43.9 Å². The summed E-state index contributed by atoms with van der Waals surface area (Å²) in [7, 11) is 0. The van der Waals surface area contributed by atoms with Crippen molar-refractivity contribution in [1.29, 1.82) is 0 Å². The molecule has 5 nitrogen and oxygen atoms in total. The van der Waals surface area contributed by atoms with Crippen molar-refractivity contribution in [3.63, 3.8) is 0 Å². The van der Waals surface area contributed by atoms with Crippen LogP contribution in [-0.2, 0) is 31.9 Å². The Morgan fingerprint density at radius 3 is 1.77 bits per heavy atom. The van der Waals surface area contributed by atoms with Crippen molar-refractivity contribution in [2.45, 2.75) is 52.4 Å². The molecule has 0 aliphatic carbocycles. The van der Waals surface area contributed by atoms with Crippen LogP contribution in [-0.4, -0.2) is 24.2 Å². The third-order valence-corrected chi connectivity index (χ3v) is 9.28. The SMILES string of the molecule is CC(C)(C)c1cc(-n2c3ccccc3c3cccnc32)[c-]c(-n2c3ccccc3c3ccc(-c4cc(C(C)(C)C)ccc4O)nc32)c1.[Pt]. The number of fused-ring (bicyclic) bond motifs is 6. The number of benzene rings is 4. The van der Waals surface area contributed by atoms with Gasteiger partial charge in [0.1, 0.15) is 17.0 Å². The summed E-state index contributed by atoms with van der Waals surface area (Å²) in [5.41, 5.74) is 9.25. The van der Waals surface area contributed by atoms with E-state index in [1.54, 1.807) is 6.07 Å². The Labute approximate surface area is 295 Å². The Bertz CT molecular complexity index is 2460. The van der Waals surface area contributed by atoms with Crippen LogP contribution in [0, 0.1) is 6.07 Å². The first-order chi connectivity index (χ1) is 22.5. The van der Waals surface area contributed by atoms with Crippen molar-refractivity contribution in [3.05, 3.63) is 127 Å². The Balaban J connectivity index is 0.00000364. The van der Waals surface area contributed by atoms with Gasteiger partial charge in [0.2, 0.25) is 0 Å². The van der Waals surface area contributed by atoms with Crippen LogP contribution in [0.15, 0.2) is 109 Å². The Kier molecular flexibility index (Phi) is 7.60. The quantitative estimate of drug-likeness (QED) is 0.181. The predicted octanol–water partition coefficient (Wildman–Crippen LogP) is 10.4. The van der Waals surface area contributed by atoms with E-state index in [9.17, 15) is 5.11 Å². The van der Waals surface area contributed by atoms with Gasteiger partial charge in [0.05, 0.1) is 16.7 Å². The average Bonchev–Trinajstić information content (AvgIpc) is 3.56. The van der Waals surface area contributed by atoms with E-state index in [1.165, 1.54) is 5.56 Å². The zero-order valence-corrected chi connectivity index (χ0v) is 30.2. The second-order valence-electron chi connectivity index (χ2n) is 14.5. The number of pyridine rings is 2. The molecule has 0 aliphatic heterocycles. The van der Waals surface area contributed by atoms with Crippen LogP contribution in [0.3, 0.4) is 0 Å². The molecule has 0 amide bonds. The molecule has 0 radical (unpaired) electrons. The molecule has 6 heteroatoms. The molecule has 4 aromatic carbocycles. The third kappa shape index (κ3) is 5.12. The van der Waals surface area contributed by atoms with Gasteiger partial charge in [-0.25, -0.2) is 9.97 Å². The molecule has 48 heavy (non-hydrogen) atoms. The topological polar surface area (TPSA) is 55.9 Å². The van der Waals surface area contributed by atoms with Gasteiger partial charge in [0, 0.05) is 54.4 Å². The van der Waals surface area contributed by atoms with Gasteiger partial charge in [0.15, 0.2) is 0 Å². The number of aromatic nitrogens is 4. The molecule has 0 saturated heterocycles. The fourth-order valence-corrected chi connectivity index (χ4v) is 6.69. The molecule has 0 aliphatic rings. The van der Waals surface area contributed by atoms with E-state index in [-0.39, 0.29) is 37.6 Å². The molecule has 0 atom stereocenters. The van der Waals surface area contributed by atoms with E-state index in [4.69, 9.17) is 9.97 Å². The van der Waals surface area contributed by atoms with Crippen LogP contribution >= 0.6 is 0 Å². The van der Waals surface area contributed by atoms with Gasteiger partial charge in [-0.1, -0.05) is 95.4 Å². The molecule has 4 aromatic heterocycles. The molecule has 242 valence electrons. The predicted molar refractivity (Wildman–Crippen MR) is 194 cm³/mol. The monoisotopic (exact) mass is 808 g/mol. The summed E-state index contributed by atoms with van der Waals surface area (Å²) >= 11 is 0. The smallest absolute Gasteiger partial charge is 0.144 e. The fraction of sp³-hybridized carbons (Fsp3) is 0.190. The number of hydrogen-bond acceptors (Lipinski definition) is 3. The Morgan fingerprint density at radius 2 is 1.15 bits per heavy atom. The van der Waals surface area contributed by atoms with E-state index in [1.807, 2.05) is 24.4 Å². The fourth-order valence-electron chi connectivity index (χ4n) is 6.69. The Morgan fingerprint density at radius 1 is 0.583 bits per heavy atom. The van der Waals surface area contributed by atoms with Gasteiger partial charge in [0.25, 0.3) is 0 Å². The van der Waals surface area contributed by atoms with Crippen LogP contribution in [0.4, 0.5) is 0 Å². The van der Waals surface area contributed by atoms with E-state index < -0.39 is 0 Å². The summed E-state index contributed by atoms with van der Waals surface area (Å²) in [6, 6.07) is 39.3. The number of para-hydroxylation sites is 2. The zero-order valence-electron chi connectivity index (χ0n) is 27.9. The van der Waals surface area contributed by atoms with Crippen molar-refractivity contribution < 1.29 is 26.2 Å². The van der Waals surface area contributed by atoms with Gasteiger partial charge in [-0.2, -0.15) is 0 Å². The molecule has 0 spiro atoms. The number of phenolic OH excluding ortho intramolecular Hbond substituents is 1. The molecule has 0 fully saturated rings. The van der Waals surface area contributed by atoms with E-state index in [0.29, 0.717) is 0 Å². The van der Waals surface area contributed by atoms with Crippen LogP contribution in [0.2, 0.25) is 0 Å². The Hall–Kier alpha value is -4.73. The van der Waals surface area contributed by atoms with Crippen LogP contribution in [0.5, 0.6) is 5.75 Å². The minimum atomic E-state index is -0.138. The van der Waals surface area contributed by atoms with Gasteiger partial charge < -0.3 is 14.2 Å². The van der Waals surface area contributed by atoms with Crippen molar-refractivity contribution in [2.75, 3.05) is 0 Å². The van der Waals surface area contributed by atoms with Gasteiger partial charge in [-0.3, -0.25) is 0 Å². The van der Waals surface area contributed by atoms with Crippen molar-refractivity contribution in [3.8, 4) is 28.4 Å². The van der Waals surface area contributed by atoms with Crippen molar-refractivity contribution in [1.82, 2.24) is 19.1 Å². The average molecular weight is 809 g/mol. The molecule has 0 saturated carbocycles. The molecular formula is C42H37N4OPt-. The number of phenols is 1. The van der Waals surface area contributed by atoms with Crippen molar-refractivity contribution in [2.24, 2.45) is 0 Å². The number of rotatable bonds is 3. The molecule has 8 rings (SSSR count). The van der Waals surface area contributed by atoms with Gasteiger partial charge in [-0.15, -0.1) is 23.8 Å². The standard InChI is InChI=1S/C42H37N4O.Pt/c1-41(2,3)26-17-20-38(47)34(24-26)35-19-18-33-31-13-8-10-16-37(31)46(40(33)44-35)29-23-27(42(4,5)6)22-28(25-29)45-36-15-9-7-12-30(36)32-14-11-21-43-39(32)45;/h7-24,47H,1-6H3;/q-1;. The van der Waals surface area contributed by atoms with Crippen LogP contribution in [0.25, 0.3) is 66.5 Å². The minimum absolute atomic E-state index is 0. The molecule has 8 aromatic rings. The molecular weight excluding hydrogens is 772 g/mol. The molecule has 0 bridgehead atoms. The molecule has 1 N–H and O–H groups in total. The summed E-state index contributed by atoms with van der Waals surface area (Å²) in [4.78, 5) is 10.1. The van der Waals surface area contributed by atoms with Gasteiger partial charge in [-0.05, 0) is 64.9 Å². The summed E-state index contributed by atoms with van der Waals surface area (Å²) in [5, 5.41) is 15.5. The number of aromatic hydroxyl groups is 1. The van der Waals surface area contributed by atoms with Crippen LogP contribution in [0.1, 0.15) is 52.7 Å². The first-order valence-electron chi connectivity index (χ1n) is 16.2. The summed E-state index contributed by atoms with van der Waals surface area (Å²) in [5.74, 6) is 0.218. The largest absolute Gasteiger partial charge is 0.507 e. The maximum absolute atomic E-state index is 11.0. The third-order valence-electron chi connectivity index (χ3n) is 9.28. The van der Waals surface area contributed by atoms with E-state index >= 15 is 0 Å². The first kappa shape index (κ1) is 31.8. The van der Waals surface area contributed by atoms with E-state index in [0.717, 1.165) is 72.1 Å². The summed E-state index contributed by atoms with van der Waals surface area (Å²) in [6.45, 7) is 13.3. The van der Waals surface area contributed by atoms with E-state index in [2.05, 4.69) is 136 Å². The number of nitrogens with zero attached hydrogens (tertiary/aromatic N) is 4. The molecule has 4 heterocycles. The van der Waals surface area contributed by atoms with Crippen LogP contribution < -0.4 is 0 Å². The zero-order chi connectivity index (χ0) is 32.7. The summed E-state index contributed by atoms with van der Waals surface area (Å²) < 4.78 is 4.45. The minimum Gasteiger partial charge on any atom is -0.507 e. The summed E-state index contributed by atoms with van der Waals surface area (Å²) in [6.07, 6.45) is 1.86. The normalized spacial score (nSPS) is 12.3.